The molecule has 3 rings (SSSR count). The first-order valence-electron chi connectivity index (χ1n) is 7.75. The number of hydrogen-bond acceptors (Lipinski definition) is 2. The van der Waals surface area contributed by atoms with E-state index in [0.717, 1.165) is 25.0 Å². The molecule has 0 atom stereocenters. The second-order valence-electron chi connectivity index (χ2n) is 5.96. The summed E-state index contributed by atoms with van der Waals surface area (Å²) in [5.41, 5.74) is 7.05. The highest BCUT2D eigenvalue weighted by Gasteiger charge is 2.21. The number of piperidine rings is 1. The van der Waals surface area contributed by atoms with Gasteiger partial charge >= 0.3 is 0 Å². The van der Waals surface area contributed by atoms with Crippen LogP contribution in [0.2, 0.25) is 0 Å². The van der Waals surface area contributed by atoms with Gasteiger partial charge in [-0.2, -0.15) is 0 Å². The fourth-order valence-corrected chi connectivity index (χ4v) is 2.81. The van der Waals surface area contributed by atoms with Crippen molar-refractivity contribution in [1.82, 2.24) is 4.90 Å². The summed E-state index contributed by atoms with van der Waals surface area (Å²) in [6, 6.07) is 8.39. The van der Waals surface area contributed by atoms with Gasteiger partial charge in [-0.05, 0) is 48.2 Å². The molecule has 1 amide bonds. The van der Waals surface area contributed by atoms with Crippen LogP contribution in [0, 0.1) is 17.5 Å². The molecule has 1 aliphatic heterocycles. The zero-order chi connectivity index (χ0) is 17.3. The van der Waals surface area contributed by atoms with E-state index in [1.54, 1.807) is 29.2 Å². The lowest BCUT2D eigenvalue weighted by Gasteiger charge is -2.30. The lowest BCUT2D eigenvalue weighted by Crippen LogP contribution is -2.42. The summed E-state index contributed by atoms with van der Waals surface area (Å²) in [6.07, 6.45) is 1.55. The topological polar surface area (TPSA) is 46.3 Å². The van der Waals surface area contributed by atoms with Gasteiger partial charge in [0.15, 0.2) is 17.5 Å². The molecule has 1 heterocycles. The van der Waals surface area contributed by atoms with Crippen molar-refractivity contribution in [3.8, 4) is 11.1 Å². The van der Waals surface area contributed by atoms with Crippen molar-refractivity contribution >= 4 is 5.91 Å². The van der Waals surface area contributed by atoms with E-state index in [1.807, 2.05) is 0 Å². The first-order chi connectivity index (χ1) is 11.5. The van der Waals surface area contributed by atoms with E-state index in [1.165, 1.54) is 0 Å². The van der Waals surface area contributed by atoms with E-state index in [2.05, 4.69) is 0 Å². The standard InChI is InChI=1S/C18H17F3N2O/c19-15-9-13(10-16(20)17(15)21)11-1-3-12(4-2-11)18(24)23-7-5-14(22)6-8-23/h1-4,9-10,14H,5-8,22H2. The first kappa shape index (κ1) is 16.5. The van der Waals surface area contributed by atoms with Crippen LogP contribution in [-0.4, -0.2) is 29.9 Å². The van der Waals surface area contributed by atoms with Gasteiger partial charge in [-0.3, -0.25) is 4.79 Å². The van der Waals surface area contributed by atoms with Crippen LogP contribution in [0.4, 0.5) is 13.2 Å². The van der Waals surface area contributed by atoms with Crippen LogP contribution in [0.5, 0.6) is 0 Å². The molecule has 1 saturated heterocycles. The van der Waals surface area contributed by atoms with Crippen molar-refractivity contribution in [1.29, 1.82) is 0 Å². The first-order valence-corrected chi connectivity index (χ1v) is 7.75. The number of nitrogens with zero attached hydrogens (tertiary/aromatic N) is 1. The van der Waals surface area contributed by atoms with Crippen LogP contribution in [0.25, 0.3) is 11.1 Å². The Kier molecular flexibility index (Phi) is 4.57. The van der Waals surface area contributed by atoms with Gasteiger partial charge in [0.2, 0.25) is 0 Å². The van der Waals surface area contributed by atoms with Crippen molar-refractivity contribution in [2.75, 3.05) is 13.1 Å². The Morgan fingerprint density at radius 3 is 2.04 bits per heavy atom. The molecular formula is C18H17F3N2O. The predicted octanol–water partition coefficient (Wildman–Crippen LogP) is 3.33. The molecule has 1 aliphatic rings. The Morgan fingerprint density at radius 2 is 1.50 bits per heavy atom. The van der Waals surface area contributed by atoms with Gasteiger partial charge in [-0.25, -0.2) is 13.2 Å². The molecule has 0 aromatic heterocycles. The van der Waals surface area contributed by atoms with Crippen LogP contribution >= 0.6 is 0 Å². The number of amides is 1. The summed E-state index contributed by atoms with van der Waals surface area (Å²) in [7, 11) is 0. The van der Waals surface area contributed by atoms with E-state index in [-0.39, 0.29) is 17.5 Å². The van der Waals surface area contributed by atoms with Crippen LogP contribution in [0.3, 0.4) is 0 Å². The van der Waals surface area contributed by atoms with E-state index < -0.39 is 17.5 Å². The highest BCUT2D eigenvalue weighted by Crippen LogP contribution is 2.24. The van der Waals surface area contributed by atoms with E-state index in [9.17, 15) is 18.0 Å². The highest BCUT2D eigenvalue weighted by atomic mass is 19.2. The molecule has 126 valence electrons. The Balaban J connectivity index is 1.79. The van der Waals surface area contributed by atoms with Gasteiger partial charge in [0, 0.05) is 24.7 Å². The minimum atomic E-state index is -1.49. The van der Waals surface area contributed by atoms with Gasteiger partial charge < -0.3 is 10.6 Å². The Bertz CT molecular complexity index is 730. The summed E-state index contributed by atoms with van der Waals surface area (Å²) >= 11 is 0. The summed E-state index contributed by atoms with van der Waals surface area (Å²) in [6.45, 7) is 1.24. The molecule has 0 saturated carbocycles. The van der Waals surface area contributed by atoms with Gasteiger partial charge in [-0.1, -0.05) is 12.1 Å². The van der Waals surface area contributed by atoms with Gasteiger partial charge in [0.25, 0.3) is 5.91 Å². The molecule has 2 aromatic rings. The zero-order valence-electron chi connectivity index (χ0n) is 12.9. The Hall–Kier alpha value is -2.34. The van der Waals surface area contributed by atoms with Crippen molar-refractivity contribution < 1.29 is 18.0 Å². The number of benzene rings is 2. The van der Waals surface area contributed by atoms with Crippen molar-refractivity contribution in [2.24, 2.45) is 5.73 Å². The van der Waals surface area contributed by atoms with Crippen LogP contribution < -0.4 is 5.73 Å². The van der Waals surface area contributed by atoms with Crippen molar-refractivity contribution in [3.63, 3.8) is 0 Å². The Labute approximate surface area is 137 Å². The van der Waals surface area contributed by atoms with Gasteiger partial charge in [0.05, 0.1) is 0 Å². The molecule has 3 nitrogen and oxygen atoms in total. The molecule has 0 unspecified atom stereocenters. The number of halogens is 3. The van der Waals surface area contributed by atoms with E-state index >= 15 is 0 Å². The maximum Gasteiger partial charge on any atom is 0.253 e. The van der Waals surface area contributed by atoms with Gasteiger partial charge in [-0.15, -0.1) is 0 Å². The number of likely N-dealkylation sites (tertiary alicyclic amines) is 1. The minimum Gasteiger partial charge on any atom is -0.339 e. The fourth-order valence-electron chi connectivity index (χ4n) is 2.81. The van der Waals surface area contributed by atoms with Crippen LogP contribution in [0.15, 0.2) is 36.4 Å². The van der Waals surface area contributed by atoms with E-state index in [4.69, 9.17) is 5.73 Å². The maximum atomic E-state index is 13.3. The summed E-state index contributed by atoms with van der Waals surface area (Å²) in [5.74, 6) is -4.07. The average molecular weight is 334 g/mol. The number of nitrogens with two attached hydrogens (primary N) is 1. The largest absolute Gasteiger partial charge is 0.339 e. The molecule has 0 aliphatic carbocycles. The van der Waals surface area contributed by atoms with E-state index in [0.29, 0.717) is 24.2 Å². The molecule has 0 bridgehead atoms. The monoisotopic (exact) mass is 334 g/mol. The number of hydrogen-bond donors (Lipinski definition) is 1. The maximum absolute atomic E-state index is 13.3. The Morgan fingerprint density at radius 1 is 0.958 bits per heavy atom. The SMILES string of the molecule is NC1CCN(C(=O)c2ccc(-c3cc(F)c(F)c(F)c3)cc2)CC1. The molecular weight excluding hydrogens is 317 g/mol. The second-order valence-corrected chi connectivity index (χ2v) is 5.96. The zero-order valence-corrected chi connectivity index (χ0v) is 12.9. The lowest BCUT2D eigenvalue weighted by molar-refractivity contribution is 0.0715. The lowest BCUT2D eigenvalue weighted by atomic mass is 10.0. The molecule has 0 spiro atoms. The van der Waals surface area contributed by atoms with Crippen LogP contribution in [0.1, 0.15) is 23.2 Å². The predicted molar refractivity (Wildman–Crippen MR) is 84.9 cm³/mol. The molecule has 6 heteroatoms. The molecule has 1 fully saturated rings. The third kappa shape index (κ3) is 3.28. The van der Waals surface area contributed by atoms with Crippen molar-refractivity contribution in [3.05, 3.63) is 59.4 Å². The fraction of sp³-hybridized carbons (Fsp3) is 0.278. The second kappa shape index (κ2) is 6.65. The smallest absolute Gasteiger partial charge is 0.253 e. The molecule has 2 N–H and O–H groups in total. The summed E-state index contributed by atoms with van der Waals surface area (Å²) in [4.78, 5) is 14.2. The van der Waals surface area contributed by atoms with Crippen LogP contribution in [-0.2, 0) is 0 Å². The average Bonchev–Trinajstić information content (AvgIpc) is 2.59. The third-order valence-corrected chi connectivity index (χ3v) is 4.28. The third-order valence-electron chi connectivity index (χ3n) is 4.28. The molecule has 0 radical (unpaired) electrons. The summed E-state index contributed by atoms with van der Waals surface area (Å²) < 4.78 is 39.7. The highest BCUT2D eigenvalue weighted by molar-refractivity contribution is 5.94. The summed E-state index contributed by atoms with van der Waals surface area (Å²) in [5, 5.41) is 0. The molecule has 2 aromatic carbocycles. The van der Waals surface area contributed by atoms with Crippen molar-refractivity contribution in [2.45, 2.75) is 18.9 Å². The normalized spacial score (nSPS) is 15.6. The minimum absolute atomic E-state index is 0.0927. The molecule has 24 heavy (non-hydrogen) atoms. The quantitative estimate of drug-likeness (QED) is 0.856. The number of carbonyl (C=O) groups is 1. The number of rotatable bonds is 2. The number of carbonyl (C=O) groups excluding carboxylic acids is 1. The van der Waals surface area contributed by atoms with Gasteiger partial charge in [0.1, 0.15) is 0 Å².